The number of nitrogens with zero attached hydrogens (tertiary/aromatic N) is 2. The van der Waals surface area contributed by atoms with E-state index in [1.54, 1.807) is 34.1 Å². The lowest BCUT2D eigenvalue weighted by Gasteiger charge is -2.35. The van der Waals surface area contributed by atoms with Gasteiger partial charge in [0.25, 0.3) is 5.91 Å². The number of aryl methyl sites for hydroxylation is 1. The minimum Gasteiger partial charge on any atom is -0.496 e. The molecule has 6 atom stereocenters. The van der Waals surface area contributed by atoms with Crippen LogP contribution in [0.25, 0.3) is 10.8 Å². The van der Waals surface area contributed by atoms with Crippen LogP contribution in [0.1, 0.15) is 90.5 Å². The van der Waals surface area contributed by atoms with E-state index < -0.39 is 86.3 Å². The normalized spacial score (nSPS) is 27.8. The zero-order valence-corrected chi connectivity index (χ0v) is 36.1. The van der Waals surface area contributed by atoms with E-state index in [4.69, 9.17) is 18.9 Å². The average Bonchev–Trinajstić information content (AvgIpc) is 4.15. The molecule has 2 aromatic rings. The third-order valence-corrected chi connectivity index (χ3v) is 14.0. The van der Waals surface area contributed by atoms with Crippen molar-refractivity contribution in [2.75, 3.05) is 26.9 Å². The minimum atomic E-state index is -3.94. The van der Waals surface area contributed by atoms with Gasteiger partial charge in [-0.1, -0.05) is 25.3 Å². The molecule has 3 saturated carbocycles. The second-order valence-electron chi connectivity index (χ2n) is 17.9. The molecule has 0 radical (unpaired) electrons. The summed E-state index contributed by atoms with van der Waals surface area (Å²) in [6.45, 7) is 8.86. The highest BCUT2D eigenvalue weighted by molar-refractivity contribution is 7.91. The van der Waals surface area contributed by atoms with Crippen molar-refractivity contribution in [2.45, 2.75) is 132 Å². The Bertz CT molecular complexity index is 2150. The number of hydrogen-bond acceptors (Lipinski definition) is 12. The van der Waals surface area contributed by atoms with E-state index in [2.05, 4.69) is 32.2 Å². The number of aromatic nitrogens is 1. The first kappa shape index (κ1) is 44.1. The molecule has 17 nitrogen and oxygen atoms in total. The van der Waals surface area contributed by atoms with Crippen LogP contribution in [-0.2, 0) is 45.1 Å². The number of hydrogen-bond donors (Lipinski definition) is 4. The molecule has 0 unspecified atom stereocenters. The zero-order valence-electron chi connectivity index (χ0n) is 35.3. The molecule has 332 valence electrons. The monoisotopic (exact) mass is 866 g/mol. The van der Waals surface area contributed by atoms with Crippen molar-refractivity contribution in [1.82, 2.24) is 30.6 Å². The summed E-state index contributed by atoms with van der Waals surface area (Å²) in [4.78, 5) is 76.7. The molecule has 0 spiro atoms. The lowest BCUT2D eigenvalue weighted by atomic mass is 9.83. The first-order valence-electron chi connectivity index (χ1n) is 21.3. The summed E-state index contributed by atoms with van der Waals surface area (Å²) in [6, 6.07) is 2.13. The number of carbonyl (C=O) groups excluding carboxylic acids is 5. The minimum absolute atomic E-state index is 0.00250. The predicted octanol–water partition coefficient (Wildman–Crippen LogP) is 3.18. The maximum Gasteiger partial charge on any atom is 0.408 e. The number of nitrogens with one attached hydrogen (secondary N) is 4. The van der Waals surface area contributed by atoms with Crippen LogP contribution >= 0.6 is 0 Å². The van der Waals surface area contributed by atoms with Gasteiger partial charge in [0.15, 0.2) is 0 Å². The average molecular weight is 867 g/mol. The Labute approximate surface area is 356 Å². The highest BCUT2D eigenvalue weighted by atomic mass is 32.2. The molecule has 1 aromatic heterocycles. The standard InChI is InChI=1S/C43H58N6O11S/c1-6-28-22-43(28,40(53)48-61(55,56)30-14-15-30)47-37(51)33-21-29-23-49(33)39(52)35(25-11-8-7-9-12-25)46-36(50)32(45-41(54)60-42(2,3)4)24-58-18-10-13-27-19-31-26(20-34(27)57-5)16-17-44-38(31)59-29/h6,16-17,19-20,25,28-30,32-33,35H,1,7-15,18,21-24H2,2-5H3,(H,45,54)(H,46,50)(H,47,51)(H,48,53)/t28-,29-,32+,33+,35+,43-/m1/s1. The van der Waals surface area contributed by atoms with Crippen LogP contribution in [0.3, 0.4) is 0 Å². The number of pyridine rings is 1. The number of methoxy groups -OCH3 is 1. The molecule has 4 N–H and O–H groups in total. The van der Waals surface area contributed by atoms with Gasteiger partial charge in [-0.2, -0.15) is 0 Å². The van der Waals surface area contributed by atoms with E-state index in [0.717, 1.165) is 30.2 Å². The van der Waals surface area contributed by atoms with Crippen LogP contribution < -0.4 is 30.1 Å². The molecule has 1 saturated heterocycles. The van der Waals surface area contributed by atoms with Crippen molar-refractivity contribution in [3.63, 3.8) is 0 Å². The molecule has 5 amide bonds. The number of alkyl carbamates (subject to hydrolysis) is 1. The first-order chi connectivity index (χ1) is 29.0. The van der Waals surface area contributed by atoms with Gasteiger partial charge in [0.1, 0.15) is 41.1 Å². The Morgan fingerprint density at radius 3 is 2.51 bits per heavy atom. The molecule has 1 aromatic carbocycles. The van der Waals surface area contributed by atoms with Gasteiger partial charge in [0.2, 0.25) is 33.6 Å². The van der Waals surface area contributed by atoms with Crippen LogP contribution in [0.2, 0.25) is 0 Å². The van der Waals surface area contributed by atoms with Gasteiger partial charge in [0, 0.05) is 30.5 Å². The molecule has 4 bridgehead atoms. The number of rotatable bonds is 9. The molecule has 3 aliphatic carbocycles. The third kappa shape index (κ3) is 10.1. The molecule has 2 aliphatic heterocycles. The summed E-state index contributed by atoms with van der Waals surface area (Å²) >= 11 is 0. The summed E-state index contributed by atoms with van der Waals surface area (Å²) in [5.41, 5.74) is -1.60. The molecule has 18 heteroatoms. The van der Waals surface area contributed by atoms with Crippen molar-refractivity contribution in [1.29, 1.82) is 0 Å². The third-order valence-electron chi connectivity index (χ3n) is 12.2. The van der Waals surface area contributed by atoms with Crippen molar-refractivity contribution < 1.29 is 51.3 Å². The van der Waals surface area contributed by atoms with Crippen LogP contribution in [0.15, 0.2) is 37.1 Å². The summed E-state index contributed by atoms with van der Waals surface area (Å²) in [7, 11) is -2.36. The van der Waals surface area contributed by atoms with Gasteiger partial charge in [-0.15, -0.1) is 6.58 Å². The Morgan fingerprint density at radius 1 is 1.08 bits per heavy atom. The van der Waals surface area contributed by atoms with Gasteiger partial charge < -0.3 is 39.8 Å². The lowest BCUT2D eigenvalue weighted by Crippen LogP contribution is -2.61. The fourth-order valence-electron chi connectivity index (χ4n) is 8.73. The fraction of sp³-hybridized carbons (Fsp3) is 0.628. The van der Waals surface area contributed by atoms with E-state index in [1.807, 2.05) is 18.2 Å². The Morgan fingerprint density at radius 2 is 1.84 bits per heavy atom. The van der Waals surface area contributed by atoms with Crippen molar-refractivity contribution in [3.8, 4) is 11.6 Å². The van der Waals surface area contributed by atoms with Crippen molar-refractivity contribution >= 4 is 50.5 Å². The highest BCUT2D eigenvalue weighted by Crippen LogP contribution is 2.46. The molecule has 4 fully saturated rings. The topological polar surface area (TPSA) is 221 Å². The second-order valence-corrected chi connectivity index (χ2v) is 19.9. The van der Waals surface area contributed by atoms with Gasteiger partial charge in [0.05, 0.1) is 25.5 Å². The van der Waals surface area contributed by atoms with Gasteiger partial charge >= 0.3 is 6.09 Å². The first-order valence-corrected chi connectivity index (χ1v) is 22.9. The quantitative estimate of drug-likeness (QED) is 0.267. The molecular formula is C43H58N6O11S. The summed E-state index contributed by atoms with van der Waals surface area (Å²) < 4.78 is 51.7. The second kappa shape index (κ2) is 17.8. The maximum atomic E-state index is 15.1. The summed E-state index contributed by atoms with van der Waals surface area (Å²) in [6.07, 6.45) is 7.47. The van der Waals surface area contributed by atoms with E-state index in [9.17, 15) is 27.6 Å². The summed E-state index contributed by atoms with van der Waals surface area (Å²) in [5.74, 6) is -2.65. The molecule has 61 heavy (non-hydrogen) atoms. The number of sulfonamides is 1. The van der Waals surface area contributed by atoms with Crippen molar-refractivity contribution in [2.24, 2.45) is 11.8 Å². The van der Waals surface area contributed by atoms with E-state index >= 15 is 4.79 Å². The zero-order chi connectivity index (χ0) is 43.7. The molecule has 7 rings (SSSR count). The van der Waals surface area contributed by atoms with Crippen LogP contribution in [0, 0.1) is 11.8 Å². The Kier molecular flexibility index (Phi) is 12.9. The molecule has 3 heterocycles. The molecular weight excluding hydrogens is 809 g/mol. The van der Waals surface area contributed by atoms with Gasteiger partial charge in [-0.25, -0.2) is 18.2 Å². The van der Waals surface area contributed by atoms with E-state index in [0.29, 0.717) is 55.5 Å². The smallest absolute Gasteiger partial charge is 0.408 e. The number of ether oxygens (including phenoxy) is 4. The van der Waals surface area contributed by atoms with Crippen LogP contribution in [-0.4, -0.2) is 116 Å². The molecule has 5 aliphatic rings. The van der Waals surface area contributed by atoms with E-state index in [1.165, 1.54) is 11.0 Å². The number of amides is 5. The highest BCUT2D eigenvalue weighted by Gasteiger charge is 2.62. The van der Waals surface area contributed by atoms with Gasteiger partial charge in [-0.3, -0.25) is 23.9 Å². The van der Waals surface area contributed by atoms with Crippen LogP contribution in [0.4, 0.5) is 4.79 Å². The Hall–Kier alpha value is -4.97. The Balaban J connectivity index is 1.25. The maximum absolute atomic E-state index is 15.1. The summed E-state index contributed by atoms with van der Waals surface area (Å²) in [5, 5.41) is 9.24. The predicted molar refractivity (Wildman–Crippen MR) is 223 cm³/mol. The fourth-order valence-corrected chi connectivity index (χ4v) is 10.1. The largest absolute Gasteiger partial charge is 0.496 e. The SMILES string of the molecule is C=C[C@@H]1C[C@]1(NC(=O)[C@@H]1C[C@@H]2CN1C(=O)[C@H](C1CCCCC1)NC(=O)[C@@H](NC(=O)OC(C)(C)C)COCCCc1cc3c(nccc3cc1OC)O2)C(=O)NS(=O)(=O)C1CC1. The number of carbonyl (C=O) groups is 5. The van der Waals surface area contributed by atoms with E-state index in [-0.39, 0.29) is 38.5 Å². The lowest BCUT2D eigenvalue weighted by molar-refractivity contribution is -0.144. The number of fused-ring (bicyclic) bond motifs is 3. The van der Waals surface area contributed by atoms with Gasteiger partial charge in [-0.05, 0) is 101 Å². The van der Waals surface area contributed by atoms with Crippen molar-refractivity contribution in [3.05, 3.63) is 42.6 Å². The van der Waals surface area contributed by atoms with Crippen LogP contribution in [0.5, 0.6) is 11.6 Å². The number of benzene rings is 1.